The number of thioether (sulfide) groups is 1. The van der Waals surface area contributed by atoms with Crippen molar-refractivity contribution in [1.29, 1.82) is 0 Å². The summed E-state index contributed by atoms with van der Waals surface area (Å²) in [7, 11) is 2.12. The fraction of sp³-hybridized carbons (Fsp3) is 0.800. The molecule has 1 unspecified atom stereocenters. The summed E-state index contributed by atoms with van der Waals surface area (Å²) in [5, 5.41) is 20.7. The molecule has 2 rings (SSSR count). The highest BCUT2D eigenvalue weighted by atomic mass is 32.2. The Kier molecular flexibility index (Phi) is 4.54. The van der Waals surface area contributed by atoms with E-state index in [1.54, 1.807) is 4.68 Å². The third-order valence-electron chi connectivity index (χ3n) is 2.98. The van der Waals surface area contributed by atoms with Crippen LogP contribution in [0.3, 0.4) is 0 Å². The molecule has 1 aromatic rings. The molecule has 1 atom stereocenters. The average Bonchev–Trinajstić information content (AvgIpc) is 2.74. The molecule has 0 aromatic carbocycles. The highest BCUT2D eigenvalue weighted by Gasteiger charge is 2.20. The molecule has 1 saturated heterocycles. The first-order valence-electron chi connectivity index (χ1n) is 5.94. The topological polar surface area (TPSA) is 84.1 Å². The van der Waals surface area contributed by atoms with E-state index in [1.807, 2.05) is 0 Å². The van der Waals surface area contributed by atoms with Crippen molar-refractivity contribution in [2.24, 2.45) is 5.92 Å². The first-order chi connectivity index (χ1) is 8.65. The van der Waals surface area contributed by atoms with Crippen LogP contribution in [0.2, 0.25) is 0 Å². The summed E-state index contributed by atoms with van der Waals surface area (Å²) < 4.78 is 1.72. The van der Waals surface area contributed by atoms with E-state index in [2.05, 4.69) is 27.5 Å². The van der Waals surface area contributed by atoms with E-state index < -0.39 is 5.97 Å². The number of rotatable bonds is 5. The Bertz CT molecular complexity index is 411. The molecule has 2 heterocycles. The maximum absolute atomic E-state index is 10.5. The minimum absolute atomic E-state index is 0.00899. The fourth-order valence-electron chi connectivity index (χ4n) is 2.21. The molecule has 100 valence electrons. The number of aliphatic carboxylic acids is 1. The lowest BCUT2D eigenvalue weighted by atomic mass is 9.99. The normalized spacial score (nSPS) is 21.1. The largest absolute Gasteiger partial charge is 0.481 e. The van der Waals surface area contributed by atoms with Crippen molar-refractivity contribution >= 4 is 17.7 Å². The average molecular weight is 271 g/mol. The maximum atomic E-state index is 10.5. The molecule has 0 amide bonds. The molecule has 1 aliphatic rings. The lowest BCUT2D eigenvalue weighted by Crippen LogP contribution is -2.34. The third kappa shape index (κ3) is 3.67. The third-order valence-corrected chi connectivity index (χ3v) is 3.92. The molecular formula is C10H17N5O2S. The van der Waals surface area contributed by atoms with Crippen LogP contribution in [0.4, 0.5) is 0 Å². The molecule has 18 heavy (non-hydrogen) atoms. The second-order valence-corrected chi connectivity index (χ2v) is 5.54. The zero-order valence-corrected chi connectivity index (χ0v) is 11.1. The first kappa shape index (κ1) is 13.3. The smallest absolute Gasteiger partial charge is 0.313 e. The van der Waals surface area contributed by atoms with Crippen molar-refractivity contribution in [2.75, 3.05) is 25.9 Å². The molecule has 1 fully saturated rings. The maximum Gasteiger partial charge on any atom is 0.313 e. The van der Waals surface area contributed by atoms with Crippen LogP contribution in [-0.2, 0) is 11.3 Å². The van der Waals surface area contributed by atoms with Crippen molar-refractivity contribution in [1.82, 2.24) is 25.1 Å². The highest BCUT2D eigenvalue weighted by molar-refractivity contribution is 7.99. The highest BCUT2D eigenvalue weighted by Crippen LogP contribution is 2.19. The van der Waals surface area contributed by atoms with Crippen LogP contribution in [0.1, 0.15) is 12.8 Å². The van der Waals surface area contributed by atoms with Crippen LogP contribution in [-0.4, -0.2) is 62.1 Å². The second-order valence-electron chi connectivity index (χ2n) is 4.60. The van der Waals surface area contributed by atoms with Gasteiger partial charge in [0.15, 0.2) is 0 Å². The van der Waals surface area contributed by atoms with Gasteiger partial charge >= 0.3 is 5.97 Å². The molecule has 0 bridgehead atoms. The van der Waals surface area contributed by atoms with Gasteiger partial charge in [-0.25, -0.2) is 4.68 Å². The number of carboxylic acids is 1. The zero-order valence-electron chi connectivity index (χ0n) is 10.3. The van der Waals surface area contributed by atoms with E-state index in [9.17, 15) is 4.79 Å². The number of hydrogen-bond acceptors (Lipinski definition) is 6. The number of nitrogens with zero attached hydrogens (tertiary/aromatic N) is 5. The number of carboxylic acid groups (broad SMARTS) is 1. The molecule has 0 radical (unpaired) electrons. The number of carbonyl (C=O) groups is 1. The summed E-state index contributed by atoms with van der Waals surface area (Å²) in [5.74, 6) is -0.325. The van der Waals surface area contributed by atoms with Crippen molar-refractivity contribution < 1.29 is 9.90 Å². The van der Waals surface area contributed by atoms with Crippen LogP contribution in [0.5, 0.6) is 0 Å². The van der Waals surface area contributed by atoms with Gasteiger partial charge in [0, 0.05) is 13.1 Å². The number of hydrogen-bond donors (Lipinski definition) is 1. The van der Waals surface area contributed by atoms with Gasteiger partial charge < -0.3 is 10.0 Å². The minimum atomic E-state index is -0.855. The van der Waals surface area contributed by atoms with Gasteiger partial charge in [0.25, 0.3) is 0 Å². The Morgan fingerprint density at radius 2 is 2.44 bits per heavy atom. The van der Waals surface area contributed by atoms with Gasteiger partial charge in [-0.1, -0.05) is 11.8 Å². The number of tetrazole rings is 1. The van der Waals surface area contributed by atoms with E-state index in [0.717, 1.165) is 31.4 Å². The number of piperidine rings is 1. The SMILES string of the molecule is CN1CCCC(Cn2nnnc2SCC(=O)O)C1. The van der Waals surface area contributed by atoms with Gasteiger partial charge in [-0.15, -0.1) is 5.10 Å². The summed E-state index contributed by atoms with van der Waals surface area (Å²) >= 11 is 1.16. The summed E-state index contributed by atoms with van der Waals surface area (Å²) in [6.45, 7) is 2.95. The molecule has 7 nitrogen and oxygen atoms in total. The van der Waals surface area contributed by atoms with Crippen LogP contribution < -0.4 is 0 Å². The van der Waals surface area contributed by atoms with Crippen molar-refractivity contribution in [3.8, 4) is 0 Å². The summed E-state index contributed by atoms with van der Waals surface area (Å²) in [6.07, 6.45) is 2.37. The Hall–Kier alpha value is -1.15. The predicted molar refractivity (Wildman–Crippen MR) is 66.4 cm³/mol. The van der Waals surface area contributed by atoms with E-state index >= 15 is 0 Å². The van der Waals surface area contributed by atoms with Crippen molar-refractivity contribution in [3.05, 3.63) is 0 Å². The molecule has 1 aliphatic heterocycles. The number of likely N-dealkylation sites (tertiary alicyclic amines) is 1. The lowest BCUT2D eigenvalue weighted by molar-refractivity contribution is -0.133. The van der Waals surface area contributed by atoms with Crippen LogP contribution >= 0.6 is 11.8 Å². The Balaban J connectivity index is 1.92. The quantitative estimate of drug-likeness (QED) is 0.765. The van der Waals surface area contributed by atoms with E-state index in [-0.39, 0.29) is 5.75 Å². The molecule has 0 spiro atoms. The Morgan fingerprint density at radius 3 is 3.17 bits per heavy atom. The van der Waals surface area contributed by atoms with E-state index in [4.69, 9.17) is 5.11 Å². The number of aromatic nitrogens is 4. The Labute approximate surface area is 110 Å². The molecule has 0 saturated carbocycles. The summed E-state index contributed by atoms with van der Waals surface area (Å²) in [5.41, 5.74) is 0. The van der Waals surface area contributed by atoms with E-state index in [1.165, 1.54) is 12.8 Å². The van der Waals surface area contributed by atoms with Crippen molar-refractivity contribution in [3.63, 3.8) is 0 Å². The van der Waals surface area contributed by atoms with Gasteiger partial charge in [0.2, 0.25) is 5.16 Å². The molecule has 8 heteroatoms. The molecule has 1 aromatic heterocycles. The lowest BCUT2D eigenvalue weighted by Gasteiger charge is -2.29. The standard InChI is InChI=1S/C10H17N5O2S/c1-14-4-2-3-8(5-14)6-15-10(11-12-13-15)18-7-9(16)17/h8H,2-7H2,1H3,(H,16,17). The fourth-order valence-corrected chi connectivity index (χ4v) is 2.81. The van der Waals surface area contributed by atoms with Crippen LogP contribution in [0.25, 0.3) is 0 Å². The molecule has 0 aliphatic carbocycles. The Morgan fingerprint density at radius 1 is 1.61 bits per heavy atom. The first-order valence-corrected chi connectivity index (χ1v) is 6.93. The zero-order chi connectivity index (χ0) is 13.0. The van der Waals surface area contributed by atoms with Gasteiger partial charge in [0.1, 0.15) is 0 Å². The van der Waals surface area contributed by atoms with Gasteiger partial charge in [0.05, 0.1) is 5.75 Å². The van der Waals surface area contributed by atoms with Crippen molar-refractivity contribution in [2.45, 2.75) is 24.5 Å². The van der Waals surface area contributed by atoms with Gasteiger partial charge in [-0.3, -0.25) is 4.79 Å². The monoisotopic (exact) mass is 271 g/mol. The summed E-state index contributed by atoms with van der Waals surface area (Å²) in [4.78, 5) is 12.8. The van der Waals surface area contributed by atoms with Gasteiger partial charge in [-0.2, -0.15) is 0 Å². The minimum Gasteiger partial charge on any atom is -0.481 e. The molecular weight excluding hydrogens is 254 g/mol. The second kappa shape index (κ2) is 6.14. The van der Waals surface area contributed by atoms with Gasteiger partial charge in [-0.05, 0) is 42.8 Å². The molecule has 1 N–H and O–H groups in total. The summed E-state index contributed by atoms with van der Waals surface area (Å²) in [6, 6.07) is 0. The predicted octanol–water partition coefficient (Wildman–Crippen LogP) is 0.192. The van der Waals surface area contributed by atoms with Crippen LogP contribution in [0.15, 0.2) is 5.16 Å². The van der Waals surface area contributed by atoms with E-state index in [0.29, 0.717) is 11.1 Å². The van der Waals surface area contributed by atoms with Crippen LogP contribution in [0, 0.1) is 5.92 Å².